The standard InChI is InChI=1S/C23H26N4O3/c28-23(25-18-4-8-20(9-5-18)29-21-12-14-24-15-13-21)26-19-6-10-22(11-7-19)30-27-16-2-1-3-17-27/h1-11,16,21,24H,12-15,17H2,(H2,25,26,28). The highest BCUT2D eigenvalue weighted by Crippen LogP contribution is 2.21. The maximum absolute atomic E-state index is 12.3. The van der Waals surface area contributed by atoms with Crippen molar-refractivity contribution in [2.45, 2.75) is 18.9 Å². The number of anilines is 2. The lowest BCUT2D eigenvalue weighted by Gasteiger charge is -2.23. The Labute approximate surface area is 176 Å². The van der Waals surface area contributed by atoms with Gasteiger partial charge in [-0.1, -0.05) is 12.2 Å². The molecule has 2 aliphatic heterocycles. The normalized spacial score (nSPS) is 16.2. The molecule has 0 atom stereocenters. The Hall–Kier alpha value is -3.45. The number of carbonyl (C=O) groups is 1. The SMILES string of the molecule is O=C(Nc1ccc(OC2CCNCC2)cc1)Nc1ccc(ON2C=CC=CC2)cc1. The number of benzene rings is 2. The van der Waals surface area contributed by atoms with Crippen molar-refractivity contribution >= 4 is 17.4 Å². The van der Waals surface area contributed by atoms with Crippen LogP contribution in [0.3, 0.4) is 0 Å². The lowest BCUT2D eigenvalue weighted by Crippen LogP contribution is -2.34. The number of piperidine rings is 1. The monoisotopic (exact) mass is 406 g/mol. The molecule has 156 valence electrons. The van der Waals surface area contributed by atoms with Crippen LogP contribution in [0.5, 0.6) is 11.5 Å². The van der Waals surface area contributed by atoms with Crippen LogP contribution in [0, 0.1) is 0 Å². The molecule has 2 amide bonds. The summed E-state index contributed by atoms with van der Waals surface area (Å²) in [6, 6.07) is 14.4. The van der Waals surface area contributed by atoms with Gasteiger partial charge in [0.2, 0.25) is 0 Å². The highest BCUT2D eigenvalue weighted by atomic mass is 16.7. The molecule has 0 bridgehead atoms. The number of ether oxygens (including phenoxy) is 1. The van der Waals surface area contributed by atoms with E-state index in [-0.39, 0.29) is 12.1 Å². The van der Waals surface area contributed by atoms with Crippen molar-refractivity contribution in [2.24, 2.45) is 0 Å². The van der Waals surface area contributed by atoms with Crippen molar-refractivity contribution in [3.63, 3.8) is 0 Å². The fraction of sp³-hybridized carbons (Fsp3) is 0.261. The summed E-state index contributed by atoms with van der Waals surface area (Å²) in [5.74, 6) is 1.52. The van der Waals surface area contributed by atoms with Gasteiger partial charge in [-0.3, -0.25) is 0 Å². The summed E-state index contributed by atoms with van der Waals surface area (Å²) in [4.78, 5) is 18.0. The molecule has 3 N–H and O–H groups in total. The minimum atomic E-state index is -0.306. The van der Waals surface area contributed by atoms with Crippen molar-refractivity contribution in [3.05, 3.63) is 73.0 Å². The van der Waals surface area contributed by atoms with E-state index in [2.05, 4.69) is 16.0 Å². The summed E-state index contributed by atoms with van der Waals surface area (Å²) in [6.07, 6.45) is 10.0. The predicted molar refractivity (Wildman–Crippen MR) is 118 cm³/mol. The van der Waals surface area contributed by atoms with Gasteiger partial charge in [0.15, 0.2) is 5.75 Å². The lowest BCUT2D eigenvalue weighted by atomic mass is 10.1. The topological polar surface area (TPSA) is 74.9 Å². The van der Waals surface area contributed by atoms with Gasteiger partial charge < -0.3 is 25.5 Å². The zero-order chi connectivity index (χ0) is 20.6. The van der Waals surface area contributed by atoms with Crippen molar-refractivity contribution in [2.75, 3.05) is 30.3 Å². The maximum atomic E-state index is 12.3. The van der Waals surface area contributed by atoms with Gasteiger partial charge in [0.05, 0.1) is 6.54 Å². The Bertz CT molecular complexity index is 888. The number of hydrogen-bond donors (Lipinski definition) is 3. The molecule has 0 radical (unpaired) electrons. The van der Waals surface area contributed by atoms with Gasteiger partial charge >= 0.3 is 6.03 Å². The third-order valence-corrected chi connectivity index (χ3v) is 4.82. The molecule has 2 aliphatic rings. The summed E-state index contributed by atoms with van der Waals surface area (Å²) in [7, 11) is 0. The van der Waals surface area contributed by atoms with Crippen LogP contribution in [-0.4, -0.2) is 36.8 Å². The predicted octanol–water partition coefficient (Wildman–Crippen LogP) is 4.14. The van der Waals surface area contributed by atoms with Crippen molar-refractivity contribution in [1.82, 2.24) is 10.4 Å². The van der Waals surface area contributed by atoms with E-state index in [4.69, 9.17) is 9.57 Å². The van der Waals surface area contributed by atoms with E-state index in [1.807, 2.05) is 60.8 Å². The third-order valence-electron chi connectivity index (χ3n) is 4.82. The van der Waals surface area contributed by atoms with Crippen molar-refractivity contribution in [3.8, 4) is 11.5 Å². The number of amides is 2. The number of hydroxylamine groups is 2. The number of carbonyl (C=O) groups excluding carboxylic acids is 1. The van der Waals surface area contributed by atoms with Gasteiger partial charge in [-0.15, -0.1) is 0 Å². The lowest BCUT2D eigenvalue weighted by molar-refractivity contribution is 0.00357. The highest BCUT2D eigenvalue weighted by Gasteiger charge is 2.14. The number of nitrogens with one attached hydrogen (secondary N) is 3. The summed E-state index contributed by atoms with van der Waals surface area (Å²) >= 11 is 0. The summed E-state index contributed by atoms with van der Waals surface area (Å²) in [6.45, 7) is 2.68. The molecule has 2 aromatic rings. The number of allylic oxidation sites excluding steroid dienone is 2. The molecule has 0 aliphatic carbocycles. The largest absolute Gasteiger partial charge is 0.490 e. The molecule has 0 spiro atoms. The van der Waals surface area contributed by atoms with Crippen molar-refractivity contribution < 1.29 is 14.4 Å². The Morgan fingerprint density at radius 3 is 2.13 bits per heavy atom. The molecule has 0 saturated carbocycles. The molecule has 1 fully saturated rings. The van der Waals surface area contributed by atoms with Crippen LogP contribution in [0.2, 0.25) is 0 Å². The number of nitrogens with zero attached hydrogens (tertiary/aromatic N) is 1. The van der Waals surface area contributed by atoms with E-state index in [1.54, 1.807) is 17.2 Å². The summed E-state index contributed by atoms with van der Waals surface area (Å²) in [5, 5.41) is 10.7. The van der Waals surface area contributed by atoms with Crippen LogP contribution >= 0.6 is 0 Å². The van der Waals surface area contributed by atoms with Gasteiger partial charge in [-0.25, -0.2) is 9.86 Å². The Kier molecular flexibility index (Phi) is 6.51. The first-order valence-electron chi connectivity index (χ1n) is 10.2. The van der Waals surface area contributed by atoms with Gasteiger partial charge in [-0.05, 0) is 80.5 Å². The molecular formula is C23H26N4O3. The number of rotatable bonds is 6. The highest BCUT2D eigenvalue weighted by molar-refractivity contribution is 5.99. The van der Waals surface area contributed by atoms with E-state index in [1.165, 1.54) is 0 Å². The van der Waals surface area contributed by atoms with Crippen LogP contribution in [0.4, 0.5) is 16.2 Å². The average molecular weight is 406 g/mol. The third kappa shape index (κ3) is 5.78. The van der Waals surface area contributed by atoms with E-state index in [0.717, 1.165) is 31.7 Å². The van der Waals surface area contributed by atoms with Crippen molar-refractivity contribution in [1.29, 1.82) is 0 Å². The second kappa shape index (κ2) is 9.84. The molecule has 2 heterocycles. The first-order chi connectivity index (χ1) is 14.7. The van der Waals surface area contributed by atoms with Crippen LogP contribution < -0.4 is 25.5 Å². The van der Waals surface area contributed by atoms with Gasteiger partial charge in [0.25, 0.3) is 0 Å². The Morgan fingerprint density at radius 2 is 1.53 bits per heavy atom. The van der Waals surface area contributed by atoms with Crippen LogP contribution in [0.25, 0.3) is 0 Å². The molecule has 7 heteroatoms. The van der Waals surface area contributed by atoms with E-state index < -0.39 is 0 Å². The summed E-state index contributed by atoms with van der Waals surface area (Å²) < 4.78 is 5.99. The molecule has 0 unspecified atom stereocenters. The Balaban J connectivity index is 1.24. The molecular weight excluding hydrogens is 380 g/mol. The average Bonchev–Trinajstić information content (AvgIpc) is 2.78. The quantitative estimate of drug-likeness (QED) is 0.672. The molecule has 0 aromatic heterocycles. The maximum Gasteiger partial charge on any atom is 0.323 e. The summed E-state index contributed by atoms with van der Waals surface area (Å²) in [5.41, 5.74) is 1.38. The number of hydrogen-bond acceptors (Lipinski definition) is 5. The fourth-order valence-electron chi connectivity index (χ4n) is 3.27. The zero-order valence-electron chi connectivity index (χ0n) is 16.7. The first kappa shape index (κ1) is 19.8. The molecule has 4 rings (SSSR count). The molecule has 7 nitrogen and oxygen atoms in total. The van der Waals surface area contributed by atoms with Gasteiger partial charge in [-0.2, -0.15) is 0 Å². The van der Waals surface area contributed by atoms with Gasteiger partial charge in [0.1, 0.15) is 11.9 Å². The smallest absolute Gasteiger partial charge is 0.323 e. The first-order valence-corrected chi connectivity index (χ1v) is 10.2. The molecule has 30 heavy (non-hydrogen) atoms. The van der Waals surface area contributed by atoms with Gasteiger partial charge in [0, 0.05) is 17.6 Å². The van der Waals surface area contributed by atoms with Crippen LogP contribution in [-0.2, 0) is 0 Å². The fourth-order valence-corrected chi connectivity index (χ4v) is 3.27. The molecule has 1 saturated heterocycles. The van der Waals surface area contributed by atoms with Crippen LogP contribution in [0.1, 0.15) is 12.8 Å². The zero-order valence-corrected chi connectivity index (χ0v) is 16.7. The Morgan fingerprint density at radius 1 is 0.900 bits per heavy atom. The minimum absolute atomic E-state index is 0.253. The van der Waals surface area contributed by atoms with Crippen LogP contribution in [0.15, 0.2) is 73.0 Å². The van der Waals surface area contributed by atoms with E-state index in [0.29, 0.717) is 23.7 Å². The molecule has 2 aromatic carbocycles. The van der Waals surface area contributed by atoms with E-state index in [9.17, 15) is 4.79 Å². The second-order valence-corrected chi connectivity index (χ2v) is 7.16. The number of urea groups is 1. The van der Waals surface area contributed by atoms with E-state index >= 15 is 0 Å². The second-order valence-electron chi connectivity index (χ2n) is 7.16. The minimum Gasteiger partial charge on any atom is -0.490 e.